The molecule has 1 atom stereocenters. The minimum atomic E-state index is 0.478. The smallest absolute Gasteiger partial charge is 0.185 e. The fourth-order valence-corrected chi connectivity index (χ4v) is 4.84. The van der Waals surface area contributed by atoms with Crippen LogP contribution in [0.4, 0.5) is 5.13 Å². The first-order valence-corrected chi connectivity index (χ1v) is 9.01. The molecule has 1 aromatic heterocycles. The molecule has 0 amide bonds. The highest BCUT2D eigenvalue weighted by Crippen LogP contribution is 2.37. The Labute approximate surface area is 126 Å². The van der Waals surface area contributed by atoms with Gasteiger partial charge in [-0.05, 0) is 39.2 Å². The minimum absolute atomic E-state index is 0.478. The number of rotatable bonds is 3. The van der Waals surface area contributed by atoms with Crippen molar-refractivity contribution in [2.75, 3.05) is 19.0 Å². The summed E-state index contributed by atoms with van der Waals surface area (Å²) in [4.78, 5) is 8.98. The molecule has 2 aliphatic rings. The molecule has 4 heteroatoms. The van der Waals surface area contributed by atoms with E-state index in [1.54, 1.807) is 0 Å². The Morgan fingerprint density at radius 1 is 1.10 bits per heavy atom. The molecule has 0 aliphatic heterocycles. The summed E-state index contributed by atoms with van der Waals surface area (Å²) in [6, 6.07) is 1.18. The van der Waals surface area contributed by atoms with Crippen molar-refractivity contribution in [1.29, 1.82) is 0 Å². The van der Waals surface area contributed by atoms with Gasteiger partial charge in [0, 0.05) is 18.0 Å². The van der Waals surface area contributed by atoms with Crippen LogP contribution in [0.25, 0.3) is 0 Å². The number of nitrogens with zero attached hydrogens (tertiary/aromatic N) is 2. The van der Waals surface area contributed by atoms with Crippen LogP contribution in [-0.4, -0.2) is 25.1 Å². The van der Waals surface area contributed by atoms with E-state index in [0.29, 0.717) is 12.1 Å². The van der Waals surface area contributed by atoms with E-state index in [1.807, 2.05) is 11.3 Å². The van der Waals surface area contributed by atoms with Crippen LogP contribution in [0.15, 0.2) is 0 Å². The average molecular weight is 293 g/mol. The van der Waals surface area contributed by atoms with E-state index in [1.165, 1.54) is 73.5 Å². The number of nitrogens with one attached hydrogen (secondary N) is 1. The van der Waals surface area contributed by atoms with E-state index in [4.69, 9.17) is 4.98 Å². The molecule has 1 heterocycles. The van der Waals surface area contributed by atoms with Crippen LogP contribution in [0, 0.1) is 0 Å². The summed E-state index contributed by atoms with van der Waals surface area (Å²) in [6.07, 6.45) is 12.1. The molecule has 20 heavy (non-hydrogen) atoms. The number of thiazole rings is 1. The van der Waals surface area contributed by atoms with Gasteiger partial charge in [-0.25, -0.2) is 4.98 Å². The van der Waals surface area contributed by atoms with E-state index in [2.05, 4.69) is 24.3 Å². The molecule has 112 valence electrons. The lowest BCUT2D eigenvalue weighted by molar-refractivity contribution is 0.488. The van der Waals surface area contributed by atoms with Gasteiger partial charge in [0.05, 0.1) is 11.7 Å². The molecule has 1 aromatic rings. The summed E-state index contributed by atoms with van der Waals surface area (Å²) < 4.78 is 0. The maximum atomic E-state index is 4.99. The number of aromatic nitrogens is 1. The molecule has 1 fully saturated rings. The summed E-state index contributed by atoms with van der Waals surface area (Å²) in [5, 5.41) is 4.68. The van der Waals surface area contributed by atoms with Gasteiger partial charge in [0.2, 0.25) is 0 Å². The van der Waals surface area contributed by atoms with Crippen molar-refractivity contribution in [2.24, 2.45) is 0 Å². The second-order valence-electron chi connectivity index (χ2n) is 6.29. The first-order valence-electron chi connectivity index (χ1n) is 8.19. The van der Waals surface area contributed by atoms with E-state index < -0.39 is 0 Å². The Balaban J connectivity index is 1.78. The predicted molar refractivity (Wildman–Crippen MR) is 86.7 cm³/mol. The highest BCUT2D eigenvalue weighted by molar-refractivity contribution is 7.15. The lowest BCUT2D eigenvalue weighted by atomic mass is 9.98. The van der Waals surface area contributed by atoms with Gasteiger partial charge in [-0.3, -0.25) is 0 Å². The summed E-state index contributed by atoms with van der Waals surface area (Å²) in [7, 11) is 4.32. The van der Waals surface area contributed by atoms with Crippen molar-refractivity contribution < 1.29 is 0 Å². The molecule has 0 bridgehead atoms. The third-order valence-corrected chi connectivity index (χ3v) is 6.19. The van der Waals surface area contributed by atoms with Crippen molar-refractivity contribution in [3.8, 4) is 0 Å². The Kier molecular flexibility index (Phi) is 4.61. The Morgan fingerprint density at radius 3 is 2.55 bits per heavy atom. The molecule has 1 N–H and O–H groups in total. The van der Waals surface area contributed by atoms with Crippen LogP contribution in [0.3, 0.4) is 0 Å². The van der Waals surface area contributed by atoms with Gasteiger partial charge in [-0.15, -0.1) is 11.3 Å². The number of anilines is 1. The molecular weight excluding hydrogens is 266 g/mol. The van der Waals surface area contributed by atoms with Crippen LogP contribution in [0.1, 0.15) is 68.0 Å². The fraction of sp³-hybridized carbons (Fsp3) is 0.812. The lowest BCUT2D eigenvalue weighted by Crippen LogP contribution is -2.31. The number of hydrogen-bond acceptors (Lipinski definition) is 4. The maximum Gasteiger partial charge on any atom is 0.185 e. The third-order valence-electron chi connectivity index (χ3n) is 4.97. The lowest BCUT2D eigenvalue weighted by Gasteiger charge is -2.26. The standard InChI is InChI=1S/C16H27N3S/c1-17-13-10-7-11-14-15(13)18-16(20-14)19(2)12-8-5-3-4-6-9-12/h12-13,17H,3-11H2,1-2H3. The van der Waals surface area contributed by atoms with Crippen LogP contribution in [0.5, 0.6) is 0 Å². The fourth-order valence-electron chi connectivity index (χ4n) is 3.64. The Hall–Kier alpha value is -0.610. The molecule has 1 saturated carbocycles. The Bertz CT molecular complexity index is 435. The van der Waals surface area contributed by atoms with Crippen molar-refractivity contribution >= 4 is 16.5 Å². The quantitative estimate of drug-likeness (QED) is 0.857. The molecule has 0 radical (unpaired) electrons. The predicted octanol–water partition coefficient (Wildman–Crippen LogP) is 3.90. The van der Waals surface area contributed by atoms with Gasteiger partial charge in [0.1, 0.15) is 0 Å². The van der Waals surface area contributed by atoms with Crippen molar-refractivity contribution in [3.63, 3.8) is 0 Å². The van der Waals surface area contributed by atoms with Gasteiger partial charge >= 0.3 is 0 Å². The molecule has 0 saturated heterocycles. The second-order valence-corrected chi connectivity index (χ2v) is 7.36. The monoisotopic (exact) mass is 293 g/mol. The van der Waals surface area contributed by atoms with Crippen molar-refractivity contribution in [3.05, 3.63) is 10.6 Å². The topological polar surface area (TPSA) is 28.2 Å². The molecule has 3 nitrogen and oxygen atoms in total. The van der Waals surface area contributed by atoms with Crippen LogP contribution >= 0.6 is 11.3 Å². The molecule has 0 spiro atoms. The largest absolute Gasteiger partial charge is 0.348 e. The number of aryl methyl sites for hydroxylation is 1. The zero-order valence-electron chi connectivity index (χ0n) is 12.8. The SMILES string of the molecule is CNC1CCCc2sc(N(C)C3CCCCCC3)nc21. The summed E-state index contributed by atoms with van der Waals surface area (Å²) >= 11 is 1.94. The van der Waals surface area contributed by atoms with Crippen LogP contribution in [0.2, 0.25) is 0 Å². The Morgan fingerprint density at radius 2 is 1.85 bits per heavy atom. The zero-order chi connectivity index (χ0) is 13.9. The first-order chi connectivity index (χ1) is 9.79. The van der Waals surface area contributed by atoms with E-state index >= 15 is 0 Å². The number of fused-ring (bicyclic) bond motifs is 1. The van der Waals surface area contributed by atoms with Crippen molar-refractivity contribution in [2.45, 2.75) is 69.9 Å². The zero-order valence-corrected chi connectivity index (χ0v) is 13.6. The van der Waals surface area contributed by atoms with Crippen LogP contribution < -0.4 is 10.2 Å². The third kappa shape index (κ3) is 2.86. The highest BCUT2D eigenvalue weighted by Gasteiger charge is 2.26. The first kappa shape index (κ1) is 14.3. The highest BCUT2D eigenvalue weighted by atomic mass is 32.1. The second kappa shape index (κ2) is 6.44. The molecule has 1 unspecified atom stereocenters. The van der Waals surface area contributed by atoms with Gasteiger partial charge in [0.25, 0.3) is 0 Å². The van der Waals surface area contributed by atoms with E-state index in [9.17, 15) is 0 Å². The molecule has 2 aliphatic carbocycles. The van der Waals surface area contributed by atoms with Crippen molar-refractivity contribution in [1.82, 2.24) is 10.3 Å². The van der Waals surface area contributed by atoms with E-state index in [-0.39, 0.29) is 0 Å². The van der Waals surface area contributed by atoms with E-state index in [0.717, 1.165) is 0 Å². The average Bonchev–Trinajstić information content (AvgIpc) is 2.73. The van der Waals surface area contributed by atoms with Gasteiger partial charge in [-0.1, -0.05) is 25.7 Å². The summed E-state index contributed by atoms with van der Waals surface area (Å²) in [5.41, 5.74) is 1.33. The normalized spacial score (nSPS) is 24.2. The maximum absolute atomic E-state index is 4.99. The van der Waals surface area contributed by atoms with Crippen LogP contribution in [-0.2, 0) is 6.42 Å². The van der Waals surface area contributed by atoms with Gasteiger partial charge in [-0.2, -0.15) is 0 Å². The molecule has 0 aromatic carbocycles. The minimum Gasteiger partial charge on any atom is -0.348 e. The number of hydrogen-bond donors (Lipinski definition) is 1. The summed E-state index contributed by atoms with van der Waals surface area (Å²) in [5.74, 6) is 0. The van der Waals surface area contributed by atoms with Gasteiger partial charge in [0.15, 0.2) is 5.13 Å². The van der Waals surface area contributed by atoms with Gasteiger partial charge < -0.3 is 10.2 Å². The molecule has 3 rings (SSSR count). The molecular formula is C16H27N3S. The summed E-state index contributed by atoms with van der Waals surface area (Å²) in [6.45, 7) is 0.